The Hall–Kier alpha value is -2.32. The first-order valence-electron chi connectivity index (χ1n) is 7.37. The summed E-state index contributed by atoms with van der Waals surface area (Å²) in [5, 5.41) is 2.51. The number of fused-ring (bicyclic) bond motifs is 1. The molecular weight excluding hydrogens is 371 g/mol. The van der Waals surface area contributed by atoms with Gasteiger partial charge in [-0.25, -0.2) is 12.8 Å². The van der Waals surface area contributed by atoms with E-state index in [-0.39, 0.29) is 34.7 Å². The number of benzene rings is 2. The van der Waals surface area contributed by atoms with Crippen LogP contribution >= 0.6 is 11.6 Å². The predicted octanol–water partition coefficient (Wildman–Crippen LogP) is 3.03. The number of nitrogens with zero attached hydrogens (tertiary/aromatic N) is 1. The molecule has 0 fully saturated rings. The van der Waals surface area contributed by atoms with Crippen LogP contribution in [0.15, 0.2) is 41.3 Å². The fourth-order valence-corrected chi connectivity index (χ4v) is 4.49. The first-order chi connectivity index (χ1) is 11.8. The summed E-state index contributed by atoms with van der Waals surface area (Å²) in [7, 11) is -4.01. The summed E-state index contributed by atoms with van der Waals surface area (Å²) in [5.74, 6) is -0.591. The second-order valence-electron chi connectivity index (χ2n) is 5.26. The highest BCUT2D eigenvalue weighted by Gasteiger charge is 2.29. The second-order valence-corrected chi connectivity index (χ2v) is 7.50. The van der Waals surface area contributed by atoms with E-state index in [2.05, 4.69) is 5.32 Å². The Morgan fingerprint density at radius 3 is 2.60 bits per heavy atom. The van der Waals surface area contributed by atoms with E-state index in [0.717, 1.165) is 4.31 Å². The Balaban J connectivity index is 2.07. The number of halogens is 2. The van der Waals surface area contributed by atoms with Crippen molar-refractivity contribution in [2.24, 2.45) is 0 Å². The molecule has 0 spiro atoms. The van der Waals surface area contributed by atoms with Crippen LogP contribution in [0.5, 0.6) is 5.75 Å². The number of sulfonamides is 1. The van der Waals surface area contributed by atoms with Gasteiger partial charge in [0.2, 0.25) is 0 Å². The van der Waals surface area contributed by atoms with Gasteiger partial charge < -0.3 is 10.1 Å². The third-order valence-electron chi connectivity index (χ3n) is 3.64. The van der Waals surface area contributed by atoms with Crippen LogP contribution in [0, 0.1) is 5.82 Å². The largest absolute Gasteiger partial charge is 0.482 e. The quantitative estimate of drug-likeness (QED) is 0.879. The van der Waals surface area contributed by atoms with Crippen molar-refractivity contribution in [2.45, 2.75) is 11.8 Å². The van der Waals surface area contributed by atoms with E-state index in [9.17, 15) is 17.6 Å². The summed E-state index contributed by atoms with van der Waals surface area (Å²) < 4.78 is 45.5. The normalized spacial score (nSPS) is 13.6. The van der Waals surface area contributed by atoms with Gasteiger partial charge in [0.15, 0.2) is 6.61 Å². The second kappa shape index (κ2) is 6.53. The van der Waals surface area contributed by atoms with Crippen molar-refractivity contribution >= 4 is 38.9 Å². The molecule has 0 unspecified atom stereocenters. The van der Waals surface area contributed by atoms with Crippen LogP contribution in [0.3, 0.4) is 0 Å². The van der Waals surface area contributed by atoms with Crippen molar-refractivity contribution in [1.29, 1.82) is 0 Å². The SMILES string of the molecule is CCN(c1ccc(F)cc1)S(=O)(=O)c1cc2c(cc1Cl)NC(=O)CO2. The van der Waals surface area contributed by atoms with Crippen molar-refractivity contribution < 1.29 is 22.3 Å². The predicted molar refractivity (Wildman–Crippen MR) is 92.2 cm³/mol. The lowest BCUT2D eigenvalue weighted by atomic mass is 10.2. The first kappa shape index (κ1) is 17.5. The molecule has 0 aromatic heterocycles. The van der Waals surface area contributed by atoms with E-state index in [1.165, 1.54) is 36.4 Å². The highest BCUT2D eigenvalue weighted by molar-refractivity contribution is 7.93. The zero-order valence-electron chi connectivity index (χ0n) is 13.1. The van der Waals surface area contributed by atoms with Gasteiger partial charge in [-0.3, -0.25) is 9.10 Å². The van der Waals surface area contributed by atoms with Gasteiger partial charge in [-0.1, -0.05) is 11.6 Å². The van der Waals surface area contributed by atoms with Crippen molar-refractivity contribution in [3.63, 3.8) is 0 Å². The molecule has 2 aromatic rings. The number of carbonyl (C=O) groups excluding carboxylic acids is 1. The Kier molecular flexibility index (Phi) is 4.57. The van der Waals surface area contributed by atoms with E-state index in [1.807, 2.05) is 0 Å². The lowest BCUT2D eigenvalue weighted by molar-refractivity contribution is -0.118. The molecule has 0 bridgehead atoms. The summed E-state index contributed by atoms with van der Waals surface area (Å²) in [4.78, 5) is 11.2. The standard InChI is InChI=1S/C16H14ClFN2O4S/c1-2-20(11-5-3-10(18)4-6-11)25(22,23)15-8-14-13(7-12(15)17)19-16(21)9-24-14/h3-8H,2,9H2,1H3,(H,19,21). The monoisotopic (exact) mass is 384 g/mol. The highest BCUT2D eigenvalue weighted by atomic mass is 35.5. The molecule has 9 heteroatoms. The molecular formula is C16H14ClFN2O4S. The van der Waals surface area contributed by atoms with E-state index >= 15 is 0 Å². The third-order valence-corrected chi connectivity index (χ3v) is 6.00. The van der Waals surface area contributed by atoms with Crippen LogP contribution in [-0.4, -0.2) is 27.5 Å². The van der Waals surface area contributed by atoms with Crippen LogP contribution in [0.25, 0.3) is 0 Å². The van der Waals surface area contributed by atoms with Crippen LogP contribution in [0.1, 0.15) is 6.92 Å². The molecule has 0 saturated heterocycles. The van der Waals surface area contributed by atoms with Gasteiger partial charge in [0.1, 0.15) is 16.5 Å². The molecule has 1 aliphatic rings. The van der Waals surface area contributed by atoms with Crippen molar-refractivity contribution in [3.05, 3.63) is 47.2 Å². The van der Waals surface area contributed by atoms with Gasteiger partial charge >= 0.3 is 0 Å². The van der Waals surface area contributed by atoms with Gasteiger partial charge in [-0.15, -0.1) is 0 Å². The number of ether oxygens (including phenoxy) is 1. The van der Waals surface area contributed by atoms with Gasteiger partial charge in [0, 0.05) is 12.6 Å². The number of carbonyl (C=O) groups is 1. The zero-order chi connectivity index (χ0) is 18.2. The topological polar surface area (TPSA) is 75.7 Å². The fourth-order valence-electron chi connectivity index (χ4n) is 2.50. The minimum absolute atomic E-state index is 0.0508. The van der Waals surface area contributed by atoms with Crippen LogP contribution in [-0.2, 0) is 14.8 Å². The van der Waals surface area contributed by atoms with E-state index in [0.29, 0.717) is 11.4 Å². The fraction of sp³-hybridized carbons (Fsp3) is 0.188. The number of hydrogen-bond donors (Lipinski definition) is 1. The molecule has 0 saturated carbocycles. The van der Waals surface area contributed by atoms with E-state index in [1.54, 1.807) is 6.92 Å². The van der Waals surface area contributed by atoms with Gasteiger partial charge in [0.25, 0.3) is 15.9 Å². The maximum atomic E-state index is 13.1. The van der Waals surface area contributed by atoms with Gasteiger partial charge in [-0.05, 0) is 37.3 Å². The summed E-state index contributed by atoms with van der Waals surface area (Å²) in [5.41, 5.74) is 0.622. The number of rotatable bonds is 4. The molecule has 2 aromatic carbocycles. The number of anilines is 2. The molecule has 3 rings (SSSR count). The lowest BCUT2D eigenvalue weighted by Crippen LogP contribution is -2.31. The lowest BCUT2D eigenvalue weighted by Gasteiger charge is -2.25. The minimum Gasteiger partial charge on any atom is -0.482 e. The Labute approximate surface area is 149 Å². The molecule has 0 radical (unpaired) electrons. The summed E-state index contributed by atoms with van der Waals surface area (Å²) in [6, 6.07) is 7.72. The molecule has 132 valence electrons. The minimum atomic E-state index is -4.01. The molecule has 0 atom stereocenters. The molecule has 25 heavy (non-hydrogen) atoms. The van der Waals surface area contributed by atoms with E-state index < -0.39 is 15.8 Å². The Bertz CT molecular complexity index is 932. The number of nitrogens with one attached hydrogen (secondary N) is 1. The average molecular weight is 385 g/mol. The van der Waals surface area contributed by atoms with Crippen LogP contribution in [0.4, 0.5) is 15.8 Å². The van der Waals surface area contributed by atoms with Gasteiger partial charge in [-0.2, -0.15) is 0 Å². The molecule has 0 aliphatic carbocycles. The van der Waals surface area contributed by atoms with Gasteiger partial charge in [0.05, 0.1) is 16.4 Å². The smallest absolute Gasteiger partial charge is 0.265 e. The van der Waals surface area contributed by atoms with Crippen LogP contribution in [0.2, 0.25) is 5.02 Å². The number of hydrogen-bond acceptors (Lipinski definition) is 4. The number of amides is 1. The molecule has 1 aliphatic heterocycles. The molecule has 1 amide bonds. The van der Waals surface area contributed by atoms with Crippen molar-refractivity contribution in [2.75, 3.05) is 22.8 Å². The van der Waals surface area contributed by atoms with E-state index in [4.69, 9.17) is 16.3 Å². The summed E-state index contributed by atoms with van der Waals surface area (Å²) in [6.07, 6.45) is 0. The maximum Gasteiger partial charge on any atom is 0.265 e. The first-order valence-corrected chi connectivity index (χ1v) is 9.19. The molecule has 6 nitrogen and oxygen atoms in total. The summed E-state index contributed by atoms with van der Waals surface area (Å²) >= 11 is 6.13. The van der Waals surface area contributed by atoms with Crippen molar-refractivity contribution in [1.82, 2.24) is 0 Å². The molecule has 1 heterocycles. The zero-order valence-corrected chi connectivity index (χ0v) is 14.7. The summed E-state index contributed by atoms with van der Waals surface area (Å²) in [6.45, 7) is 1.58. The Morgan fingerprint density at radius 1 is 1.28 bits per heavy atom. The maximum absolute atomic E-state index is 13.1. The molecule has 1 N–H and O–H groups in total. The third kappa shape index (κ3) is 3.27. The van der Waals surface area contributed by atoms with Crippen molar-refractivity contribution in [3.8, 4) is 5.75 Å². The highest BCUT2D eigenvalue weighted by Crippen LogP contribution is 2.37. The van der Waals surface area contributed by atoms with Crippen LogP contribution < -0.4 is 14.4 Å². The Morgan fingerprint density at radius 2 is 1.96 bits per heavy atom. The average Bonchev–Trinajstić information content (AvgIpc) is 2.56.